The zero-order chi connectivity index (χ0) is 18.4. The number of ether oxygens (including phenoxy) is 1. The average molecular weight is 391 g/mol. The number of oxazole rings is 1. The van der Waals surface area contributed by atoms with Crippen molar-refractivity contribution in [1.29, 1.82) is 0 Å². The predicted octanol–water partition coefficient (Wildman–Crippen LogP) is 3.43. The largest absolute Gasteiger partial charge is 0.455 e. The van der Waals surface area contributed by atoms with Crippen molar-refractivity contribution in [2.24, 2.45) is 0 Å². The smallest absolute Gasteiger partial charge is 0.316 e. The van der Waals surface area contributed by atoms with Crippen molar-refractivity contribution in [2.45, 2.75) is 11.8 Å². The van der Waals surface area contributed by atoms with E-state index in [9.17, 15) is 9.59 Å². The van der Waals surface area contributed by atoms with Crippen LogP contribution in [0.15, 0.2) is 58.2 Å². The molecule has 1 N–H and O–H groups in total. The number of carbonyl (C=O) groups is 2. The summed E-state index contributed by atoms with van der Waals surface area (Å²) in [6, 6.07) is 14.4. The van der Waals surface area contributed by atoms with Gasteiger partial charge in [-0.1, -0.05) is 47.6 Å². The second-order valence-electron chi connectivity index (χ2n) is 5.30. The number of nitrogens with one attached hydrogen (secondary N) is 1. The lowest BCUT2D eigenvalue weighted by molar-refractivity contribution is -0.145. The molecule has 0 radical (unpaired) electrons. The van der Waals surface area contributed by atoms with Gasteiger partial charge in [0, 0.05) is 11.6 Å². The molecule has 8 heteroatoms. The van der Waals surface area contributed by atoms with Gasteiger partial charge in [0.25, 0.3) is 11.1 Å². The van der Waals surface area contributed by atoms with Gasteiger partial charge in [-0.05, 0) is 29.8 Å². The van der Waals surface area contributed by atoms with Crippen LogP contribution in [0.3, 0.4) is 0 Å². The van der Waals surface area contributed by atoms with Crippen molar-refractivity contribution in [1.82, 2.24) is 10.3 Å². The summed E-state index contributed by atoms with van der Waals surface area (Å²) in [5.74, 6) is -0.879. The van der Waals surface area contributed by atoms with Crippen molar-refractivity contribution in [3.05, 3.63) is 59.1 Å². The molecule has 1 heterocycles. The highest BCUT2D eigenvalue weighted by Gasteiger charge is 2.11. The standard InChI is InChI=1S/C18H15ClN2O4S/c19-13-7-5-12(6-8-13)9-20-16(22)10-24-17(23)11-26-18-21-14-3-1-2-4-15(14)25-18/h1-8H,9-11H2,(H,20,22). The van der Waals surface area contributed by atoms with Crippen molar-refractivity contribution < 1.29 is 18.7 Å². The Balaban J connectivity index is 1.37. The fraction of sp³-hybridized carbons (Fsp3) is 0.167. The quantitative estimate of drug-likeness (QED) is 0.491. The molecule has 0 fully saturated rings. The van der Waals surface area contributed by atoms with Crippen molar-refractivity contribution in [3.8, 4) is 0 Å². The number of fused-ring (bicyclic) bond motifs is 1. The van der Waals surface area contributed by atoms with Gasteiger partial charge in [-0.2, -0.15) is 0 Å². The maximum Gasteiger partial charge on any atom is 0.316 e. The second kappa shape index (κ2) is 8.73. The molecule has 1 amide bonds. The maximum absolute atomic E-state index is 11.7. The highest BCUT2D eigenvalue weighted by atomic mass is 35.5. The number of hydrogen-bond donors (Lipinski definition) is 1. The van der Waals surface area contributed by atoms with Gasteiger partial charge in [-0.15, -0.1) is 0 Å². The topological polar surface area (TPSA) is 81.4 Å². The van der Waals surface area contributed by atoms with E-state index in [2.05, 4.69) is 10.3 Å². The van der Waals surface area contributed by atoms with Crippen LogP contribution in [0.5, 0.6) is 0 Å². The molecule has 3 aromatic rings. The summed E-state index contributed by atoms with van der Waals surface area (Å²) < 4.78 is 10.4. The van der Waals surface area contributed by atoms with Gasteiger partial charge in [-0.3, -0.25) is 9.59 Å². The molecule has 0 saturated heterocycles. The van der Waals surface area contributed by atoms with Gasteiger partial charge in [0.1, 0.15) is 11.3 Å². The summed E-state index contributed by atoms with van der Waals surface area (Å²) in [5.41, 5.74) is 2.29. The SMILES string of the molecule is O=C(COC(=O)CSc1nc2ccccc2o1)NCc1ccc(Cl)cc1. The molecule has 0 bridgehead atoms. The lowest BCUT2D eigenvalue weighted by atomic mass is 10.2. The predicted molar refractivity (Wildman–Crippen MR) is 99.0 cm³/mol. The first-order valence-electron chi connectivity index (χ1n) is 7.75. The number of esters is 1. The summed E-state index contributed by atoms with van der Waals surface area (Å²) in [4.78, 5) is 27.7. The van der Waals surface area contributed by atoms with E-state index in [1.54, 1.807) is 18.2 Å². The lowest BCUT2D eigenvalue weighted by Gasteiger charge is -2.06. The normalized spacial score (nSPS) is 10.7. The minimum atomic E-state index is -0.515. The molecule has 1 aromatic heterocycles. The number of carbonyl (C=O) groups excluding carboxylic acids is 2. The molecule has 3 rings (SSSR count). The van der Waals surface area contributed by atoms with E-state index in [-0.39, 0.29) is 18.3 Å². The summed E-state index contributed by atoms with van der Waals surface area (Å²) in [6.45, 7) is 0.00570. The van der Waals surface area contributed by atoms with Crippen LogP contribution >= 0.6 is 23.4 Å². The van der Waals surface area contributed by atoms with Crippen LogP contribution in [-0.2, 0) is 20.9 Å². The third kappa shape index (κ3) is 5.24. The van der Waals surface area contributed by atoms with E-state index >= 15 is 0 Å². The number of hydrogen-bond acceptors (Lipinski definition) is 6. The Morgan fingerprint density at radius 1 is 1.15 bits per heavy atom. The molecule has 0 spiro atoms. The van der Waals surface area contributed by atoms with Gasteiger partial charge >= 0.3 is 5.97 Å². The Labute approximate surface area is 158 Å². The Kier molecular flexibility index (Phi) is 6.14. The number of para-hydroxylation sites is 2. The molecular weight excluding hydrogens is 376 g/mol. The Morgan fingerprint density at radius 2 is 1.92 bits per heavy atom. The first-order valence-corrected chi connectivity index (χ1v) is 9.11. The van der Waals surface area contributed by atoms with Gasteiger partial charge in [0.2, 0.25) is 0 Å². The fourth-order valence-electron chi connectivity index (χ4n) is 2.08. The number of rotatable bonds is 7. The lowest BCUT2D eigenvalue weighted by Crippen LogP contribution is -2.28. The van der Waals surface area contributed by atoms with Gasteiger partial charge in [0.05, 0.1) is 0 Å². The first-order chi connectivity index (χ1) is 12.6. The molecule has 2 aromatic carbocycles. The van der Waals surface area contributed by atoms with Crippen LogP contribution in [0, 0.1) is 0 Å². The van der Waals surface area contributed by atoms with E-state index in [0.717, 1.165) is 22.8 Å². The number of thioether (sulfide) groups is 1. The molecule has 6 nitrogen and oxygen atoms in total. The van der Waals surface area contributed by atoms with Crippen LogP contribution in [0.25, 0.3) is 11.1 Å². The van der Waals surface area contributed by atoms with Gasteiger partial charge < -0.3 is 14.5 Å². The maximum atomic E-state index is 11.7. The second-order valence-corrected chi connectivity index (χ2v) is 6.66. The van der Waals surface area contributed by atoms with E-state index in [1.165, 1.54) is 0 Å². The monoisotopic (exact) mass is 390 g/mol. The molecular formula is C18H15ClN2O4S. The molecule has 0 aliphatic rings. The summed E-state index contributed by atoms with van der Waals surface area (Å²) in [7, 11) is 0. The third-order valence-electron chi connectivity index (χ3n) is 3.35. The Hall–Kier alpha value is -2.51. The zero-order valence-corrected chi connectivity index (χ0v) is 15.2. The van der Waals surface area contributed by atoms with Crippen molar-refractivity contribution >= 4 is 46.3 Å². The minimum absolute atomic E-state index is 0.0112. The van der Waals surface area contributed by atoms with Crippen LogP contribution < -0.4 is 5.32 Å². The van der Waals surface area contributed by atoms with Gasteiger partial charge in [-0.25, -0.2) is 4.98 Å². The van der Waals surface area contributed by atoms with E-state index in [4.69, 9.17) is 20.8 Å². The number of halogens is 1. The van der Waals surface area contributed by atoms with Crippen molar-refractivity contribution in [3.63, 3.8) is 0 Å². The molecule has 0 saturated carbocycles. The van der Waals surface area contributed by atoms with Crippen LogP contribution in [0.1, 0.15) is 5.56 Å². The Morgan fingerprint density at radius 3 is 2.69 bits per heavy atom. The molecule has 0 atom stereocenters. The molecule has 0 aliphatic heterocycles. The number of amides is 1. The first kappa shape index (κ1) is 18.3. The summed E-state index contributed by atoms with van der Waals surface area (Å²) in [5, 5.41) is 3.68. The molecule has 0 unspecified atom stereocenters. The highest BCUT2D eigenvalue weighted by molar-refractivity contribution is 7.99. The molecule has 26 heavy (non-hydrogen) atoms. The molecule has 0 aliphatic carbocycles. The highest BCUT2D eigenvalue weighted by Crippen LogP contribution is 2.23. The van der Waals surface area contributed by atoms with Crippen LogP contribution in [0.2, 0.25) is 5.02 Å². The summed E-state index contributed by atoms with van der Waals surface area (Å²) >= 11 is 6.92. The van der Waals surface area contributed by atoms with Crippen LogP contribution in [0.4, 0.5) is 0 Å². The van der Waals surface area contributed by atoms with E-state index in [0.29, 0.717) is 22.4 Å². The average Bonchev–Trinajstić information content (AvgIpc) is 3.07. The molecule has 134 valence electrons. The number of benzene rings is 2. The van der Waals surface area contributed by atoms with E-state index in [1.807, 2.05) is 30.3 Å². The minimum Gasteiger partial charge on any atom is -0.455 e. The number of nitrogens with zero attached hydrogens (tertiary/aromatic N) is 1. The fourth-order valence-corrected chi connectivity index (χ4v) is 2.84. The van der Waals surface area contributed by atoms with Crippen molar-refractivity contribution in [2.75, 3.05) is 12.4 Å². The summed E-state index contributed by atoms with van der Waals surface area (Å²) in [6.07, 6.45) is 0. The van der Waals surface area contributed by atoms with E-state index < -0.39 is 5.97 Å². The third-order valence-corrected chi connectivity index (χ3v) is 4.41. The van der Waals surface area contributed by atoms with Gasteiger partial charge in [0.15, 0.2) is 12.2 Å². The Bertz CT molecular complexity index is 878. The van der Waals surface area contributed by atoms with Crippen LogP contribution in [-0.4, -0.2) is 29.2 Å². The number of aromatic nitrogens is 1. The zero-order valence-electron chi connectivity index (χ0n) is 13.6.